The van der Waals surface area contributed by atoms with Gasteiger partial charge in [-0.3, -0.25) is 23.8 Å². The molecule has 1 amide bonds. The molecule has 0 spiro atoms. The van der Waals surface area contributed by atoms with Crippen LogP contribution in [-0.2, 0) is 23.7 Å². The molecule has 1 saturated heterocycles. The van der Waals surface area contributed by atoms with Crippen molar-refractivity contribution in [3.05, 3.63) is 139 Å². The Labute approximate surface area is 372 Å². The second-order valence-electron chi connectivity index (χ2n) is 18.9. The molecule has 3 aromatic carbocycles. The monoisotopic (exact) mass is 876 g/mol. The van der Waals surface area contributed by atoms with Gasteiger partial charge in [0.05, 0.1) is 51.7 Å². The Morgan fingerprint density at radius 2 is 1.68 bits per heavy atom. The molecule has 7 heterocycles. The summed E-state index contributed by atoms with van der Waals surface area (Å²) in [6, 6.07) is 18.6. The first kappa shape index (κ1) is 40.8. The first-order valence-electron chi connectivity index (χ1n) is 22.2. The first-order valence-corrected chi connectivity index (χ1v) is 22.2. The number of rotatable bonds is 7. The van der Waals surface area contributed by atoms with Crippen molar-refractivity contribution < 1.29 is 18.4 Å². The summed E-state index contributed by atoms with van der Waals surface area (Å²) in [5.74, 6) is -0.518. The summed E-state index contributed by atoms with van der Waals surface area (Å²) < 4.78 is 33.2. The Morgan fingerprint density at radius 1 is 0.908 bits per heavy atom. The Morgan fingerprint density at radius 3 is 2.40 bits per heavy atom. The van der Waals surface area contributed by atoms with Gasteiger partial charge in [-0.1, -0.05) is 18.1 Å². The number of aromatic nitrogens is 9. The van der Waals surface area contributed by atoms with Crippen LogP contribution in [0.3, 0.4) is 0 Å². The summed E-state index contributed by atoms with van der Waals surface area (Å²) >= 11 is 0. The molecule has 0 unspecified atom stereocenters. The maximum absolute atomic E-state index is 15.6. The Kier molecular flexibility index (Phi) is 9.13. The molecule has 2 fully saturated rings. The number of aryl methyl sites for hydroxylation is 3. The summed E-state index contributed by atoms with van der Waals surface area (Å²) in [5, 5.41) is 20.0. The molecule has 3 aliphatic rings. The van der Waals surface area contributed by atoms with E-state index in [4.69, 9.17) is 14.4 Å². The van der Waals surface area contributed by atoms with Crippen molar-refractivity contribution in [2.45, 2.75) is 90.3 Å². The minimum atomic E-state index is -0.833. The zero-order chi connectivity index (χ0) is 45.3. The quantitative estimate of drug-likeness (QED) is 0.170. The predicted octanol–water partition coefficient (Wildman–Crippen LogP) is 7.57. The Balaban J connectivity index is 1.06. The van der Waals surface area contributed by atoms with Crippen molar-refractivity contribution in [1.29, 1.82) is 0 Å². The number of halogens is 1. The van der Waals surface area contributed by atoms with E-state index in [1.165, 1.54) is 10.2 Å². The van der Waals surface area contributed by atoms with E-state index in [0.717, 1.165) is 40.3 Å². The number of benzene rings is 3. The predicted molar refractivity (Wildman–Crippen MR) is 241 cm³/mol. The Hall–Kier alpha value is -6.94. The van der Waals surface area contributed by atoms with Crippen LogP contribution in [0.4, 0.5) is 4.39 Å². The third-order valence-electron chi connectivity index (χ3n) is 14.2. The second kappa shape index (κ2) is 14.5. The van der Waals surface area contributed by atoms with Gasteiger partial charge in [0.2, 0.25) is 0 Å². The zero-order valence-electron chi connectivity index (χ0n) is 37.3. The van der Waals surface area contributed by atoms with E-state index < -0.39 is 17.3 Å². The van der Waals surface area contributed by atoms with Crippen LogP contribution in [-0.4, -0.2) is 73.6 Å². The lowest BCUT2D eigenvalue weighted by atomic mass is 9.83. The number of aromatic amines is 1. The van der Waals surface area contributed by atoms with Crippen LogP contribution in [0.15, 0.2) is 87.2 Å². The average Bonchev–Trinajstić information content (AvgIpc) is 3.77. The van der Waals surface area contributed by atoms with Gasteiger partial charge in [0.15, 0.2) is 5.82 Å². The molecule has 1 N–H and O–H groups in total. The number of amides is 1. The fraction of sp³-hybridized carbons (Fsp3) is 0.367. The summed E-state index contributed by atoms with van der Waals surface area (Å²) in [6.45, 7) is 12.7. The van der Waals surface area contributed by atoms with E-state index in [1.807, 2.05) is 43.1 Å². The van der Waals surface area contributed by atoms with Crippen LogP contribution in [0.5, 0.6) is 0 Å². The number of hydrogen-bond acceptors (Lipinski definition) is 9. The van der Waals surface area contributed by atoms with Crippen LogP contribution in [0, 0.1) is 25.6 Å². The molecular weight excluding hydrogens is 828 g/mol. The largest absolute Gasteiger partial charge is 0.438 e. The standard InChI is InChI=1S/C49H49FN10O5/c1-26-18-35(19-27(2)42(26)50)59-43(36-12-15-51-60(44(36)61)34-9-11-38-33(21-34)25-52-56(38)7)41-29(4)57(16-13-37(41)54-59)45(62)40-22-32-20-30(31-14-17-64-48(5,6)24-31)8-10-39(32)58(40)49(23-28(49)3)46-53-47(63)65-55-46/h8-12,15,18-22,25,28-29,31H,13-14,16-17,23-24H2,1-7H3,(H,53,55,63)/t28-,29-,31-,49-/m0/s1. The SMILES string of the molecule is Cc1cc(-n2nc3c(c2-c2ccnn(-c4ccc5c(cnn5C)c4)c2=O)[C@H](C)N(C(=O)c2cc4cc([C@H]5CCOC(C)(C)C5)ccc4n2[C@@]2(c4noc(=O)[nH]4)C[C@@H]2C)CC3)cc(C)c1F. The number of H-pyrrole nitrogens is 1. The number of nitrogens with zero attached hydrogens (tertiary/aromatic N) is 9. The highest BCUT2D eigenvalue weighted by atomic mass is 19.1. The smallest absolute Gasteiger partial charge is 0.376 e. The lowest BCUT2D eigenvalue weighted by Gasteiger charge is -2.35. The van der Waals surface area contributed by atoms with E-state index in [2.05, 4.69) is 63.9 Å². The van der Waals surface area contributed by atoms with Crippen molar-refractivity contribution in [3.63, 3.8) is 0 Å². The maximum Gasteiger partial charge on any atom is 0.438 e. The van der Waals surface area contributed by atoms with Gasteiger partial charge in [0.1, 0.15) is 17.1 Å². The van der Waals surface area contributed by atoms with E-state index in [1.54, 1.807) is 53.8 Å². The lowest BCUT2D eigenvalue weighted by Crippen LogP contribution is -2.41. The number of nitrogens with one attached hydrogen (secondary N) is 1. The van der Waals surface area contributed by atoms with Crippen LogP contribution in [0.2, 0.25) is 0 Å². The van der Waals surface area contributed by atoms with E-state index in [-0.39, 0.29) is 34.7 Å². The van der Waals surface area contributed by atoms with Crippen LogP contribution < -0.4 is 11.3 Å². The normalized spacial score (nSPS) is 21.6. The minimum Gasteiger partial charge on any atom is -0.376 e. The molecule has 1 saturated carbocycles. The van der Waals surface area contributed by atoms with Gasteiger partial charge in [0, 0.05) is 54.7 Å². The molecule has 16 heteroatoms. The molecule has 11 rings (SSSR count). The molecule has 8 aromatic rings. The summed E-state index contributed by atoms with van der Waals surface area (Å²) in [7, 11) is 1.86. The topological polar surface area (TPSA) is 164 Å². The fourth-order valence-electron chi connectivity index (χ4n) is 10.8. The summed E-state index contributed by atoms with van der Waals surface area (Å²) in [6.07, 6.45) is 6.12. The fourth-order valence-corrected chi connectivity index (χ4v) is 10.8. The number of carbonyl (C=O) groups is 1. The Bertz CT molecular complexity index is 3360. The molecule has 1 aliphatic carbocycles. The third-order valence-corrected chi connectivity index (χ3v) is 14.2. The zero-order valence-corrected chi connectivity index (χ0v) is 37.3. The molecule has 0 bridgehead atoms. The molecule has 65 heavy (non-hydrogen) atoms. The van der Waals surface area contributed by atoms with E-state index >= 15 is 9.18 Å². The van der Waals surface area contributed by atoms with Gasteiger partial charge in [-0.15, -0.1) is 0 Å². The number of hydrogen-bond donors (Lipinski definition) is 1. The highest BCUT2D eigenvalue weighted by Crippen LogP contribution is 2.56. The second-order valence-corrected chi connectivity index (χ2v) is 18.9. The minimum absolute atomic E-state index is 0.0203. The van der Waals surface area contributed by atoms with Gasteiger partial charge in [-0.25, -0.2) is 13.9 Å². The third kappa shape index (κ3) is 6.35. The van der Waals surface area contributed by atoms with Crippen molar-refractivity contribution in [1.82, 2.24) is 48.9 Å². The molecule has 5 aromatic heterocycles. The molecule has 2 aliphatic heterocycles. The van der Waals surface area contributed by atoms with Crippen molar-refractivity contribution in [2.24, 2.45) is 13.0 Å². The number of carbonyl (C=O) groups excluding carboxylic acids is 1. The van der Waals surface area contributed by atoms with Crippen LogP contribution in [0.25, 0.3) is 44.4 Å². The van der Waals surface area contributed by atoms with Crippen molar-refractivity contribution in [2.75, 3.05) is 13.2 Å². The molecule has 332 valence electrons. The van der Waals surface area contributed by atoms with Gasteiger partial charge < -0.3 is 14.2 Å². The lowest BCUT2D eigenvalue weighted by molar-refractivity contribution is -0.0592. The maximum atomic E-state index is 15.6. The molecular formula is C49H49FN10O5. The van der Waals surface area contributed by atoms with Crippen LogP contribution >= 0.6 is 0 Å². The summed E-state index contributed by atoms with van der Waals surface area (Å²) in [4.78, 5) is 47.6. The van der Waals surface area contributed by atoms with Gasteiger partial charge in [-0.05, 0) is 137 Å². The van der Waals surface area contributed by atoms with E-state index in [0.29, 0.717) is 76.8 Å². The van der Waals surface area contributed by atoms with Crippen molar-refractivity contribution in [3.8, 4) is 22.6 Å². The average molecular weight is 877 g/mol. The van der Waals surface area contributed by atoms with Gasteiger partial charge in [0.25, 0.3) is 11.5 Å². The highest BCUT2D eigenvalue weighted by Gasteiger charge is 2.59. The van der Waals surface area contributed by atoms with Crippen molar-refractivity contribution >= 4 is 27.7 Å². The van der Waals surface area contributed by atoms with Gasteiger partial charge >= 0.3 is 5.76 Å². The number of fused-ring (bicyclic) bond motifs is 3. The first-order chi connectivity index (χ1) is 31.1. The van der Waals surface area contributed by atoms with Crippen LogP contribution in [0.1, 0.15) is 103 Å². The molecule has 0 radical (unpaired) electrons. The number of ether oxygens (including phenoxy) is 1. The van der Waals surface area contributed by atoms with E-state index in [9.17, 15) is 9.59 Å². The highest BCUT2D eigenvalue weighted by molar-refractivity contribution is 6.00. The molecule has 15 nitrogen and oxygen atoms in total. The van der Waals surface area contributed by atoms with Gasteiger partial charge in [-0.2, -0.15) is 20.0 Å². The molecule has 4 atom stereocenters. The summed E-state index contributed by atoms with van der Waals surface area (Å²) in [5.41, 5.74) is 6.19.